The van der Waals surface area contributed by atoms with Crippen LogP contribution in [0.2, 0.25) is 5.02 Å². The molecule has 0 atom stereocenters. The second-order valence-corrected chi connectivity index (χ2v) is 9.47. The van der Waals surface area contributed by atoms with Gasteiger partial charge in [0.2, 0.25) is 15.9 Å². The molecule has 30 heavy (non-hydrogen) atoms. The van der Waals surface area contributed by atoms with Crippen LogP contribution >= 0.6 is 11.6 Å². The Labute approximate surface area is 181 Å². The van der Waals surface area contributed by atoms with Crippen LogP contribution in [0.25, 0.3) is 0 Å². The number of halogens is 2. The van der Waals surface area contributed by atoms with E-state index in [0.29, 0.717) is 30.2 Å². The summed E-state index contributed by atoms with van der Waals surface area (Å²) in [5.74, 6) is -0.735. The zero-order chi connectivity index (χ0) is 21.6. The molecule has 162 valence electrons. The molecule has 6 nitrogen and oxygen atoms in total. The molecule has 0 saturated carbocycles. The van der Waals surface area contributed by atoms with Crippen molar-refractivity contribution in [3.05, 3.63) is 64.9 Å². The first-order valence-corrected chi connectivity index (χ1v) is 11.7. The molecule has 1 amide bonds. The number of benzene rings is 2. The Morgan fingerprint density at radius 1 is 1.13 bits per heavy atom. The van der Waals surface area contributed by atoms with E-state index in [4.69, 9.17) is 16.3 Å². The molecular weight excluding hydrogens is 431 g/mol. The topological polar surface area (TPSA) is 75.7 Å². The van der Waals surface area contributed by atoms with Gasteiger partial charge in [-0.3, -0.25) is 4.79 Å². The summed E-state index contributed by atoms with van der Waals surface area (Å²) in [5, 5.41) is 3.33. The number of amides is 1. The van der Waals surface area contributed by atoms with Crippen LogP contribution in [0.1, 0.15) is 18.4 Å². The lowest BCUT2D eigenvalue weighted by molar-refractivity contribution is -0.126. The number of nitrogens with zero attached hydrogens (tertiary/aromatic N) is 1. The standard InChI is InChI=1S/C21H24ClFN2O4S/c22-18-6-2-4-8-20(18)29-14-11-24-21(26)16-9-12-25(13-10-16)30(27,28)15-17-5-1-3-7-19(17)23/h1-8,16H,9-15H2,(H,24,26). The van der Waals surface area contributed by atoms with Gasteiger partial charge in [-0.25, -0.2) is 17.1 Å². The quantitative estimate of drug-likeness (QED) is 0.621. The van der Waals surface area contributed by atoms with Gasteiger partial charge in [-0.2, -0.15) is 0 Å². The Kier molecular flexibility index (Phi) is 7.69. The van der Waals surface area contributed by atoms with Crippen molar-refractivity contribution in [2.24, 2.45) is 5.92 Å². The van der Waals surface area contributed by atoms with Crippen LogP contribution in [0.15, 0.2) is 48.5 Å². The zero-order valence-corrected chi connectivity index (χ0v) is 18.0. The predicted molar refractivity (Wildman–Crippen MR) is 113 cm³/mol. The van der Waals surface area contributed by atoms with Gasteiger partial charge < -0.3 is 10.1 Å². The molecule has 1 aliphatic rings. The van der Waals surface area contributed by atoms with Crippen LogP contribution in [-0.4, -0.2) is 44.9 Å². The molecule has 0 spiro atoms. The number of rotatable bonds is 8. The number of piperidine rings is 1. The van der Waals surface area contributed by atoms with E-state index in [9.17, 15) is 17.6 Å². The summed E-state index contributed by atoms with van der Waals surface area (Å²) in [6, 6.07) is 12.9. The minimum Gasteiger partial charge on any atom is -0.490 e. The molecule has 1 aliphatic heterocycles. The van der Waals surface area contributed by atoms with Gasteiger partial charge in [0.1, 0.15) is 18.2 Å². The number of carbonyl (C=O) groups excluding carboxylic acids is 1. The number of ether oxygens (including phenoxy) is 1. The fraction of sp³-hybridized carbons (Fsp3) is 0.381. The Morgan fingerprint density at radius 3 is 2.50 bits per heavy atom. The van der Waals surface area contributed by atoms with E-state index in [1.54, 1.807) is 24.3 Å². The van der Waals surface area contributed by atoms with Gasteiger partial charge in [0.25, 0.3) is 0 Å². The van der Waals surface area contributed by atoms with Crippen LogP contribution < -0.4 is 10.1 Å². The van der Waals surface area contributed by atoms with Crippen molar-refractivity contribution < 1.29 is 22.3 Å². The molecule has 2 aromatic rings. The average Bonchev–Trinajstić information content (AvgIpc) is 2.74. The summed E-state index contributed by atoms with van der Waals surface area (Å²) in [5.41, 5.74) is 0.149. The Balaban J connectivity index is 1.42. The summed E-state index contributed by atoms with van der Waals surface area (Å²) in [6.07, 6.45) is 0.849. The second kappa shape index (κ2) is 10.2. The van der Waals surface area contributed by atoms with Crippen LogP contribution in [0, 0.1) is 11.7 Å². The highest BCUT2D eigenvalue weighted by molar-refractivity contribution is 7.88. The van der Waals surface area contributed by atoms with Gasteiger partial charge in [-0.1, -0.05) is 41.9 Å². The molecule has 1 N–H and O–H groups in total. The van der Waals surface area contributed by atoms with E-state index in [2.05, 4.69) is 5.32 Å². The molecule has 0 aromatic heterocycles. The molecule has 0 radical (unpaired) electrons. The lowest BCUT2D eigenvalue weighted by Gasteiger charge is -2.30. The molecule has 0 bridgehead atoms. The van der Waals surface area contributed by atoms with Gasteiger partial charge in [0.15, 0.2) is 0 Å². The smallest absolute Gasteiger partial charge is 0.223 e. The van der Waals surface area contributed by atoms with E-state index < -0.39 is 15.8 Å². The Hall–Kier alpha value is -2.16. The maximum absolute atomic E-state index is 13.8. The van der Waals surface area contributed by atoms with Crippen LogP contribution in [0.3, 0.4) is 0 Å². The number of sulfonamides is 1. The van der Waals surface area contributed by atoms with Gasteiger partial charge in [0, 0.05) is 24.6 Å². The second-order valence-electron chi connectivity index (χ2n) is 7.09. The number of para-hydroxylation sites is 1. The SMILES string of the molecule is O=C(NCCOc1ccccc1Cl)C1CCN(S(=O)(=O)Cc2ccccc2F)CC1. The normalized spacial score (nSPS) is 15.7. The molecule has 3 rings (SSSR count). The highest BCUT2D eigenvalue weighted by Gasteiger charge is 2.31. The summed E-state index contributed by atoms with van der Waals surface area (Å²) in [6.45, 7) is 1.09. The molecule has 1 fully saturated rings. The summed E-state index contributed by atoms with van der Waals surface area (Å²) in [4.78, 5) is 12.4. The fourth-order valence-electron chi connectivity index (χ4n) is 3.34. The minimum absolute atomic E-state index is 0.121. The summed E-state index contributed by atoms with van der Waals surface area (Å²) < 4.78 is 45.8. The van der Waals surface area contributed by atoms with Gasteiger partial charge in [-0.15, -0.1) is 0 Å². The van der Waals surface area contributed by atoms with E-state index in [1.165, 1.54) is 22.5 Å². The third-order valence-corrected chi connectivity index (χ3v) is 7.15. The first-order valence-electron chi connectivity index (χ1n) is 9.73. The third kappa shape index (κ3) is 5.93. The average molecular weight is 455 g/mol. The van der Waals surface area contributed by atoms with Crippen molar-refractivity contribution in [3.63, 3.8) is 0 Å². The van der Waals surface area contributed by atoms with Gasteiger partial charge >= 0.3 is 0 Å². The van der Waals surface area contributed by atoms with Crippen molar-refractivity contribution in [2.75, 3.05) is 26.2 Å². The fourth-order valence-corrected chi connectivity index (χ4v) is 5.11. The van der Waals surface area contributed by atoms with E-state index in [-0.39, 0.29) is 42.8 Å². The number of nitrogens with one attached hydrogen (secondary N) is 1. The van der Waals surface area contributed by atoms with Crippen LogP contribution in [-0.2, 0) is 20.6 Å². The minimum atomic E-state index is -3.63. The lowest BCUT2D eigenvalue weighted by Crippen LogP contribution is -2.44. The molecule has 1 heterocycles. The number of hydrogen-bond donors (Lipinski definition) is 1. The molecular formula is C21H24ClFN2O4S. The van der Waals surface area contributed by atoms with E-state index in [0.717, 1.165) is 0 Å². The first-order chi connectivity index (χ1) is 14.4. The van der Waals surface area contributed by atoms with Crippen molar-refractivity contribution in [1.29, 1.82) is 0 Å². The summed E-state index contributed by atoms with van der Waals surface area (Å²) in [7, 11) is -3.63. The van der Waals surface area contributed by atoms with Crippen molar-refractivity contribution in [2.45, 2.75) is 18.6 Å². The zero-order valence-electron chi connectivity index (χ0n) is 16.4. The van der Waals surface area contributed by atoms with Gasteiger partial charge in [0.05, 0.1) is 17.3 Å². The maximum atomic E-state index is 13.8. The number of hydrogen-bond acceptors (Lipinski definition) is 4. The monoisotopic (exact) mass is 454 g/mol. The predicted octanol–water partition coefficient (Wildman–Crippen LogP) is 3.22. The molecule has 2 aromatic carbocycles. The largest absolute Gasteiger partial charge is 0.490 e. The van der Waals surface area contributed by atoms with Crippen molar-refractivity contribution >= 4 is 27.5 Å². The lowest BCUT2D eigenvalue weighted by atomic mass is 9.97. The number of carbonyl (C=O) groups is 1. The molecule has 0 unspecified atom stereocenters. The first kappa shape index (κ1) is 22.5. The van der Waals surface area contributed by atoms with Crippen LogP contribution in [0.4, 0.5) is 4.39 Å². The Morgan fingerprint density at radius 2 is 1.80 bits per heavy atom. The highest BCUT2D eigenvalue weighted by atomic mass is 35.5. The molecule has 1 saturated heterocycles. The summed E-state index contributed by atoms with van der Waals surface area (Å²) >= 11 is 6.01. The van der Waals surface area contributed by atoms with Crippen molar-refractivity contribution in [1.82, 2.24) is 9.62 Å². The van der Waals surface area contributed by atoms with E-state index >= 15 is 0 Å². The van der Waals surface area contributed by atoms with E-state index in [1.807, 2.05) is 6.07 Å². The van der Waals surface area contributed by atoms with Crippen molar-refractivity contribution in [3.8, 4) is 5.75 Å². The van der Waals surface area contributed by atoms with Gasteiger partial charge in [-0.05, 0) is 31.0 Å². The maximum Gasteiger partial charge on any atom is 0.223 e. The Bertz CT molecular complexity index is 978. The molecule has 9 heteroatoms. The molecule has 0 aliphatic carbocycles. The highest BCUT2D eigenvalue weighted by Crippen LogP contribution is 2.24. The van der Waals surface area contributed by atoms with Crippen LogP contribution in [0.5, 0.6) is 5.75 Å². The third-order valence-electron chi connectivity index (χ3n) is 5.01.